The maximum absolute atomic E-state index is 11.3. The quantitative estimate of drug-likeness (QED) is 0.488. The first-order valence-electron chi connectivity index (χ1n) is 3.49. The Morgan fingerprint density at radius 3 is 2.69 bits per heavy atom. The molecule has 4 nitrogen and oxygen atoms in total. The number of nitrogens with one attached hydrogen (secondary N) is 2. The van der Waals surface area contributed by atoms with Crippen LogP contribution in [-0.4, -0.2) is 12.3 Å². The number of hydrogen-bond donors (Lipinski definition) is 2. The molecule has 1 aromatic carbocycles. The first-order valence-corrected chi connectivity index (χ1v) is 4.57. The van der Waals surface area contributed by atoms with E-state index in [9.17, 15) is 9.59 Å². The largest absolute Gasteiger partial charge is 0.277 e. The molecular formula is C8H7IN2O2. The molecule has 0 fully saturated rings. The van der Waals surface area contributed by atoms with Crippen molar-refractivity contribution in [3.63, 3.8) is 0 Å². The van der Waals surface area contributed by atoms with Crippen LogP contribution in [0.1, 0.15) is 10.4 Å². The van der Waals surface area contributed by atoms with Crippen LogP contribution in [0.2, 0.25) is 0 Å². The molecule has 0 radical (unpaired) electrons. The van der Waals surface area contributed by atoms with Crippen LogP contribution >= 0.6 is 22.6 Å². The van der Waals surface area contributed by atoms with Crippen molar-refractivity contribution < 1.29 is 9.59 Å². The van der Waals surface area contributed by atoms with Gasteiger partial charge in [0.2, 0.25) is 6.41 Å². The van der Waals surface area contributed by atoms with Crippen molar-refractivity contribution in [3.8, 4) is 0 Å². The summed E-state index contributed by atoms with van der Waals surface area (Å²) in [6.45, 7) is 0. The lowest BCUT2D eigenvalue weighted by molar-refractivity contribution is -0.110. The molecule has 1 aromatic rings. The number of carbonyl (C=O) groups is 2. The predicted octanol–water partition coefficient (Wildman–Crippen LogP) is 0.682. The molecule has 0 heterocycles. The normalized spacial score (nSPS) is 9.00. The molecule has 0 aliphatic carbocycles. The first-order chi connectivity index (χ1) is 6.25. The fourth-order valence-electron chi connectivity index (χ4n) is 0.808. The fourth-order valence-corrected chi connectivity index (χ4v) is 1.44. The summed E-state index contributed by atoms with van der Waals surface area (Å²) in [5.74, 6) is -0.322. The van der Waals surface area contributed by atoms with Gasteiger partial charge in [-0.25, -0.2) is 0 Å². The minimum absolute atomic E-state index is 0.322. The maximum atomic E-state index is 11.3. The highest BCUT2D eigenvalue weighted by atomic mass is 127. The number of hydrazine groups is 1. The number of rotatable bonds is 3. The summed E-state index contributed by atoms with van der Waals surface area (Å²) < 4.78 is 0.838. The van der Waals surface area contributed by atoms with Gasteiger partial charge in [0.25, 0.3) is 5.91 Å². The van der Waals surface area contributed by atoms with Crippen LogP contribution in [0.3, 0.4) is 0 Å². The molecule has 0 aromatic heterocycles. The van der Waals surface area contributed by atoms with Crippen LogP contribution in [0.25, 0.3) is 0 Å². The van der Waals surface area contributed by atoms with Crippen LogP contribution in [-0.2, 0) is 4.79 Å². The molecule has 0 saturated carbocycles. The predicted molar refractivity (Wildman–Crippen MR) is 55.8 cm³/mol. The SMILES string of the molecule is O=CNNC(=O)c1ccccc1I. The Hall–Kier alpha value is -1.11. The second-order valence-electron chi connectivity index (χ2n) is 2.20. The Morgan fingerprint density at radius 1 is 1.38 bits per heavy atom. The highest BCUT2D eigenvalue weighted by Crippen LogP contribution is 2.10. The molecule has 0 unspecified atom stereocenters. The zero-order valence-corrected chi connectivity index (χ0v) is 8.74. The minimum Gasteiger partial charge on any atom is -0.277 e. The third-order valence-electron chi connectivity index (χ3n) is 1.36. The highest BCUT2D eigenvalue weighted by molar-refractivity contribution is 14.1. The van der Waals surface area contributed by atoms with Gasteiger partial charge in [0.05, 0.1) is 5.56 Å². The van der Waals surface area contributed by atoms with Gasteiger partial charge in [-0.1, -0.05) is 12.1 Å². The van der Waals surface area contributed by atoms with Crippen molar-refractivity contribution >= 4 is 34.9 Å². The number of halogens is 1. The monoisotopic (exact) mass is 290 g/mol. The Balaban J connectivity index is 2.76. The second kappa shape index (κ2) is 4.80. The number of benzene rings is 1. The maximum Gasteiger partial charge on any atom is 0.270 e. The van der Waals surface area contributed by atoms with Gasteiger partial charge in [-0.15, -0.1) is 0 Å². The topological polar surface area (TPSA) is 58.2 Å². The third-order valence-corrected chi connectivity index (χ3v) is 2.30. The molecule has 0 saturated heterocycles. The molecular weight excluding hydrogens is 283 g/mol. The highest BCUT2D eigenvalue weighted by Gasteiger charge is 2.06. The zero-order chi connectivity index (χ0) is 9.68. The summed E-state index contributed by atoms with van der Waals surface area (Å²) in [6, 6.07) is 7.10. The Kier molecular flexibility index (Phi) is 3.69. The van der Waals surface area contributed by atoms with Crippen LogP contribution in [0.4, 0.5) is 0 Å². The smallest absolute Gasteiger partial charge is 0.270 e. The molecule has 2 amide bonds. The molecule has 0 spiro atoms. The van der Waals surface area contributed by atoms with E-state index in [2.05, 4.69) is 33.4 Å². The summed E-state index contributed by atoms with van der Waals surface area (Å²) in [5, 5.41) is 0. The van der Waals surface area contributed by atoms with Crippen molar-refractivity contribution in [1.82, 2.24) is 10.9 Å². The van der Waals surface area contributed by atoms with Gasteiger partial charge in [0.1, 0.15) is 0 Å². The molecule has 0 aliphatic heterocycles. The van der Waals surface area contributed by atoms with E-state index in [1.165, 1.54) is 0 Å². The summed E-state index contributed by atoms with van der Waals surface area (Å²) >= 11 is 2.05. The first kappa shape index (κ1) is 9.97. The van der Waals surface area contributed by atoms with E-state index in [-0.39, 0.29) is 5.91 Å². The Bertz CT molecular complexity index is 328. The summed E-state index contributed by atoms with van der Waals surface area (Å²) in [5.41, 5.74) is 4.86. The van der Waals surface area contributed by atoms with Crippen molar-refractivity contribution in [2.75, 3.05) is 0 Å². The average Bonchev–Trinajstić information content (AvgIpc) is 2.15. The van der Waals surface area contributed by atoms with Gasteiger partial charge in [-0.2, -0.15) is 0 Å². The van der Waals surface area contributed by atoms with Crippen LogP contribution in [0.5, 0.6) is 0 Å². The summed E-state index contributed by atoms with van der Waals surface area (Å²) in [4.78, 5) is 21.2. The van der Waals surface area contributed by atoms with E-state index < -0.39 is 0 Å². The van der Waals surface area contributed by atoms with E-state index in [4.69, 9.17) is 0 Å². The van der Waals surface area contributed by atoms with Crippen molar-refractivity contribution in [3.05, 3.63) is 33.4 Å². The van der Waals surface area contributed by atoms with E-state index in [1.807, 2.05) is 12.1 Å². The van der Waals surface area contributed by atoms with Crippen molar-refractivity contribution in [1.29, 1.82) is 0 Å². The second-order valence-corrected chi connectivity index (χ2v) is 3.36. The van der Waals surface area contributed by atoms with E-state index >= 15 is 0 Å². The van der Waals surface area contributed by atoms with Gasteiger partial charge >= 0.3 is 0 Å². The van der Waals surface area contributed by atoms with Gasteiger partial charge < -0.3 is 0 Å². The molecule has 0 aliphatic rings. The van der Waals surface area contributed by atoms with Gasteiger partial charge in [0.15, 0.2) is 0 Å². The van der Waals surface area contributed by atoms with Crippen LogP contribution in [0, 0.1) is 3.57 Å². The van der Waals surface area contributed by atoms with Crippen LogP contribution < -0.4 is 10.9 Å². The zero-order valence-electron chi connectivity index (χ0n) is 6.58. The van der Waals surface area contributed by atoms with E-state index in [0.717, 1.165) is 3.57 Å². The third kappa shape index (κ3) is 2.69. The average molecular weight is 290 g/mol. The van der Waals surface area contributed by atoms with Crippen molar-refractivity contribution in [2.45, 2.75) is 0 Å². The van der Waals surface area contributed by atoms with E-state index in [0.29, 0.717) is 12.0 Å². The molecule has 68 valence electrons. The Labute approximate surface area is 88.8 Å². The molecule has 13 heavy (non-hydrogen) atoms. The van der Waals surface area contributed by atoms with Gasteiger partial charge in [-0.3, -0.25) is 20.4 Å². The lowest BCUT2D eigenvalue weighted by atomic mass is 10.2. The van der Waals surface area contributed by atoms with Gasteiger partial charge in [0, 0.05) is 3.57 Å². The number of carbonyl (C=O) groups excluding carboxylic acids is 2. The fraction of sp³-hybridized carbons (Fsp3) is 0. The molecule has 1 rings (SSSR count). The van der Waals surface area contributed by atoms with Gasteiger partial charge in [-0.05, 0) is 34.7 Å². The number of hydrogen-bond acceptors (Lipinski definition) is 2. The molecule has 0 atom stereocenters. The minimum atomic E-state index is -0.322. The molecule has 2 N–H and O–H groups in total. The standard InChI is InChI=1S/C8H7IN2O2/c9-7-4-2-1-3-6(7)8(13)11-10-5-12/h1-5H,(H,10,12)(H,11,13). The summed E-state index contributed by atoms with van der Waals surface area (Å²) in [6.07, 6.45) is 0.410. The summed E-state index contributed by atoms with van der Waals surface area (Å²) in [7, 11) is 0. The lowest BCUT2D eigenvalue weighted by Gasteiger charge is -2.03. The van der Waals surface area contributed by atoms with Crippen molar-refractivity contribution in [2.24, 2.45) is 0 Å². The molecule has 5 heteroatoms. The Morgan fingerprint density at radius 2 is 2.08 bits per heavy atom. The lowest BCUT2D eigenvalue weighted by Crippen LogP contribution is -2.36. The van der Waals surface area contributed by atoms with Crippen LogP contribution in [0.15, 0.2) is 24.3 Å². The van der Waals surface area contributed by atoms with E-state index in [1.54, 1.807) is 12.1 Å². The number of amides is 2. The molecule has 0 bridgehead atoms.